The summed E-state index contributed by atoms with van der Waals surface area (Å²) in [5.41, 5.74) is 2.01. The van der Waals surface area contributed by atoms with Crippen LogP contribution in [0.3, 0.4) is 0 Å². The second kappa shape index (κ2) is 18.5. The van der Waals surface area contributed by atoms with E-state index in [2.05, 4.69) is 29.8 Å². The molecule has 3 aliphatic rings. The highest BCUT2D eigenvalue weighted by Gasteiger charge is 2.52. The van der Waals surface area contributed by atoms with E-state index in [9.17, 15) is 19.5 Å². The maximum absolute atomic E-state index is 13.8. The number of carbonyl (C=O) groups excluding carboxylic acids is 2. The number of nitrogens with one attached hydrogen (secondary N) is 1. The Hall–Kier alpha value is -2.96. The van der Waals surface area contributed by atoms with Gasteiger partial charge in [-0.05, 0) is 62.7 Å². The fraction of sp³-hybridized carbons (Fsp3) is 0.658. The standard InChI is InChI=1S/C38H53NO7S/c1-3-4-13-25(2)31(40)21-20-29-32(24-33-35(29)30-18-11-14-26(36(30)45-33)15-12-19-34(41)42)46-38(44)28-17-8-7-16-27(28)37(43)39-22-9-5-6-10-23-47/h11,14,18,20-21,25,27-29,31-33,35,40,47H,5-10,12-13,15-17,19,22-24H2,1-2H3,(H,39,43)(H,41,42)/t25-,27?,28?,29-,31+,32+,33-,35-/m0/s1. The number of para-hydroxylation sites is 1. The minimum Gasteiger partial charge on any atom is -0.489 e. The molecule has 0 radical (unpaired) electrons. The number of rotatable bonds is 17. The molecule has 0 spiro atoms. The summed E-state index contributed by atoms with van der Waals surface area (Å²) < 4.78 is 12.8. The Morgan fingerprint density at radius 2 is 1.89 bits per heavy atom. The van der Waals surface area contributed by atoms with Crippen molar-refractivity contribution in [2.75, 3.05) is 12.3 Å². The smallest absolute Gasteiger partial charge is 0.310 e. The van der Waals surface area contributed by atoms with Gasteiger partial charge in [0.15, 0.2) is 0 Å². The number of amides is 1. The Morgan fingerprint density at radius 3 is 2.64 bits per heavy atom. The second-order valence-electron chi connectivity index (χ2n) is 13.5. The summed E-state index contributed by atoms with van der Waals surface area (Å²) in [6, 6.07) is 6.01. The first kappa shape index (κ1) is 36.9. The first-order valence-corrected chi connectivity index (χ1v) is 18.2. The molecule has 8 nitrogen and oxygen atoms in total. The number of ether oxygens (including phenoxy) is 2. The number of aryl methyl sites for hydroxylation is 1. The zero-order valence-corrected chi connectivity index (χ0v) is 28.9. The predicted molar refractivity (Wildman–Crippen MR) is 185 cm³/mol. The number of aliphatic carboxylic acids is 1. The van der Waals surface area contributed by atoms with E-state index in [0.29, 0.717) is 45.1 Å². The maximum Gasteiger partial charge on any atom is 0.310 e. The number of unbranched alkanes of at least 4 members (excludes halogenated alkanes) is 3. The lowest BCUT2D eigenvalue weighted by atomic mass is 9.78. The molecule has 1 aromatic carbocycles. The van der Waals surface area contributed by atoms with Crippen LogP contribution in [0.1, 0.15) is 108 Å². The molecule has 0 aromatic heterocycles. The van der Waals surface area contributed by atoms with Crippen LogP contribution in [0.15, 0.2) is 30.4 Å². The van der Waals surface area contributed by atoms with E-state index in [4.69, 9.17) is 14.6 Å². The van der Waals surface area contributed by atoms with Crippen LogP contribution in [0.4, 0.5) is 0 Å². The highest BCUT2D eigenvalue weighted by molar-refractivity contribution is 7.80. The van der Waals surface area contributed by atoms with Crippen molar-refractivity contribution in [3.8, 4) is 17.6 Å². The van der Waals surface area contributed by atoms with Crippen LogP contribution < -0.4 is 10.1 Å². The van der Waals surface area contributed by atoms with Crippen molar-refractivity contribution in [3.63, 3.8) is 0 Å². The Balaban J connectivity index is 1.50. The molecule has 0 bridgehead atoms. The highest BCUT2D eigenvalue weighted by Crippen LogP contribution is 2.53. The molecule has 1 aliphatic heterocycles. The van der Waals surface area contributed by atoms with Gasteiger partial charge in [-0.3, -0.25) is 14.4 Å². The number of carbonyl (C=O) groups is 3. The van der Waals surface area contributed by atoms with Crippen LogP contribution in [-0.2, 0) is 25.5 Å². The molecule has 2 aliphatic carbocycles. The topological polar surface area (TPSA) is 122 Å². The third-order valence-corrected chi connectivity index (χ3v) is 10.4. The number of aliphatic hydroxyl groups excluding tert-OH is 1. The maximum atomic E-state index is 13.8. The van der Waals surface area contributed by atoms with Gasteiger partial charge in [-0.1, -0.05) is 63.0 Å². The highest BCUT2D eigenvalue weighted by atomic mass is 32.1. The summed E-state index contributed by atoms with van der Waals surface area (Å²) in [6.45, 7) is 4.36. The van der Waals surface area contributed by atoms with E-state index in [1.807, 2.05) is 31.2 Å². The normalized spacial score (nSPS) is 26.0. The molecule has 2 saturated carbocycles. The van der Waals surface area contributed by atoms with Gasteiger partial charge in [0.25, 0.3) is 0 Å². The third-order valence-electron chi connectivity index (χ3n) is 10.1. The van der Waals surface area contributed by atoms with E-state index < -0.39 is 30.0 Å². The third kappa shape index (κ3) is 10.0. The first-order valence-electron chi connectivity index (χ1n) is 17.6. The van der Waals surface area contributed by atoms with Crippen LogP contribution in [0.2, 0.25) is 0 Å². The minimum absolute atomic E-state index is 0.0550. The van der Waals surface area contributed by atoms with Crippen LogP contribution in [0, 0.1) is 35.5 Å². The number of carboxylic acids is 1. The zero-order valence-electron chi connectivity index (χ0n) is 28.0. The molecule has 1 amide bonds. The van der Waals surface area contributed by atoms with Crippen molar-refractivity contribution in [1.82, 2.24) is 5.32 Å². The summed E-state index contributed by atoms with van der Waals surface area (Å²) >= 11 is 4.26. The van der Waals surface area contributed by atoms with Crippen molar-refractivity contribution >= 4 is 30.5 Å². The average Bonchev–Trinajstić information content (AvgIpc) is 3.59. The van der Waals surface area contributed by atoms with Crippen LogP contribution >= 0.6 is 12.6 Å². The number of thiol groups is 1. The summed E-state index contributed by atoms with van der Waals surface area (Å²) in [5.74, 6) is 5.17. The van der Waals surface area contributed by atoms with Crippen molar-refractivity contribution in [2.45, 2.75) is 122 Å². The van der Waals surface area contributed by atoms with Crippen LogP contribution in [0.25, 0.3) is 0 Å². The van der Waals surface area contributed by atoms with E-state index in [1.165, 1.54) is 0 Å². The number of hydrogen-bond acceptors (Lipinski definition) is 7. The molecule has 1 aromatic rings. The number of hydrogen-bond donors (Lipinski definition) is 4. The van der Waals surface area contributed by atoms with Crippen molar-refractivity contribution < 1.29 is 34.1 Å². The van der Waals surface area contributed by atoms with Gasteiger partial charge in [0.2, 0.25) is 5.91 Å². The quantitative estimate of drug-likeness (QED) is 0.0510. The lowest BCUT2D eigenvalue weighted by Gasteiger charge is -2.31. The average molecular weight is 668 g/mol. The largest absolute Gasteiger partial charge is 0.489 e. The molecule has 258 valence electrons. The van der Waals surface area contributed by atoms with Gasteiger partial charge in [0.1, 0.15) is 18.0 Å². The lowest BCUT2D eigenvalue weighted by Crippen LogP contribution is -2.41. The summed E-state index contributed by atoms with van der Waals surface area (Å²) in [5, 5.41) is 23.1. The number of fused-ring (bicyclic) bond motifs is 3. The predicted octanol–water partition coefficient (Wildman–Crippen LogP) is 6.25. The number of esters is 1. The van der Waals surface area contributed by atoms with Gasteiger partial charge in [-0.2, -0.15) is 12.6 Å². The van der Waals surface area contributed by atoms with Gasteiger partial charge in [-0.15, -0.1) is 11.8 Å². The molecule has 9 heteroatoms. The fourth-order valence-corrected chi connectivity index (χ4v) is 7.64. The molecular weight excluding hydrogens is 614 g/mol. The van der Waals surface area contributed by atoms with E-state index in [-0.39, 0.29) is 42.2 Å². The van der Waals surface area contributed by atoms with E-state index >= 15 is 0 Å². The molecule has 1 heterocycles. The summed E-state index contributed by atoms with van der Waals surface area (Å²) in [7, 11) is 0. The molecule has 8 atom stereocenters. The Labute approximate surface area is 285 Å². The SMILES string of the molecule is CC#CC[C@H](C)[C@H](O)C=C[C@@H]1[C@H]2c3cccc(CCCC(=O)O)c3O[C@H]2C[C@H]1OC(=O)C1CCCCC1C(=O)NCCCCCCS. The Morgan fingerprint density at radius 1 is 1.13 bits per heavy atom. The lowest BCUT2D eigenvalue weighted by molar-refractivity contribution is -0.161. The molecule has 4 rings (SSSR count). The van der Waals surface area contributed by atoms with E-state index in [1.54, 1.807) is 13.0 Å². The molecule has 2 fully saturated rings. The minimum atomic E-state index is -0.819. The van der Waals surface area contributed by atoms with E-state index in [0.717, 1.165) is 61.2 Å². The van der Waals surface area contributed by atoms with Gasteiger partial charge in [-0.25, -0.2) is 0 Å². The molecule has 3 N–H and O–H groups in total. The monoisotopic (exact) mass is 667 g/mol. The van der Waals surface area contributed by atoms with Gasteiger partial charge in [0, 0.05) is 43.2 Å². The van der Waals surface area contributed by atoms with Crippen LogP contribution in [-0.4, -0.2) is 58.7 Å². The van der Waals surface area contributed by atoms with Crippen molar-refractivity contribution in [1.29, 1.82) is 0 Å². The molecular formula is C38H53NO7S. The molecule has 2 unspecified atom stereocenters. The molecule has 0 saturated heterocycles. The Kier molecular flexibility index (Phi) is 14.5. The fourth-order valence-electron chi connectivity index (χ4n) is 7.41. The number of carboxylic acid groups (broad SMARTS) is 1. The van der Waals surface area contributed by atoms with Crippen molar-refractivity contribution in [2.24, 2.45) is 23.7 Å². The Bertz CT molecular complexity index is 1300. The summed E-state index contributed by atoms with van der Waals surface area (Å²) in [6.07, 6.45) is 11.9. The van der Waals surface area contributed by atoms with Gasteiger partial charge in [0.05, 0.1) is 17.9 Å². The zero-order chi connectivity index (χ0) is 33.8. The van der Waals surface area contributed by atoms with Gasteiger partial charge >= 0.3 is 11.9 Å². The number of benzene rings is 1. The van der Waals surface area contributed by atoms with Gasteiger partial charge < -0.3 is 25.0 Å². The summed E-state index contributed by atoms with van der Waals surface area (Å²) in [4.78, 5) is 38.2. The van der Waals surface area contributed by atoms with Crippen LogP contribution in [0.5, 0.6) is 5.75 Å². The second-order valence-corrected chi connectivity index (χ2v) is 13.9. The number of aliphatic hydroxyl groups is 1. The first-order chi connectivity index (χ1) is 22.7. The molecule has 47 heavy (non-hydrogen) atoms. The van der Waals surface area contributed by atoms with Crippen molar-refractivity contribution in [3.05, 3.63) is 41.5 Å².